The van der Waals surface area contributed by atoms with E-state index in [-0.39, 0.29) is 30.0 Å². The molecule has 1 aliphatic rings. The number of amides is 1. The van der Waals surface area contributed by atoms with Gasteiger partial charge in [0.15, 0.2) is 0 Å². The predicted molar refractivity (Wildman–Crippen MR) is 89.1 cm³/mol. The van der Waals surface area contributed by atoms with Crippen LogP contribution in [0, 0.1) is 12.8 Å². The third-order valence-electron chi connectivity index (χ3n) is 4.30. The number of nitrogens with one attached hydrogen (secondary N) is 1. The Morgan fingerprint density at radius 3 is 2.71 bits per heavy atom. The molecular formula is C17H27N3O4. The average molecular weight is 337 g/mol. The molecule has 0 aromatic carbocycles. The van der Waals surface area contributed by atoms with E-state index in [0.29, 0.717) is 31.0 Å². The monoisotopic (exact) mass is 337 g/mol. The molecule has 0 spiro atoms. The van der Waals surface area contributed by atoms with E-state index in [4.69, 9.17) is 14.2 Å². The topological polar surface area (TPSA) is 82.6 Å². The third-order valence-corrected chi connectivity index (χ3v) is 4.30. The summed E-state index contributed by atoms with van der Waals surface area (Å²) in [5, 5.41) is 2.93. The maximum Gasteiger partial charge on any atom is 0.254 e. The SMILES string of the molecule is CO[C@H]1[C@H](CNC(=O)c2cnc(C(C)C)nc2C)COC[C@H]1OC. The van der Waals surface area contributed by atoms with Gasteiger partial charge in [-0.25, -0.2) is 9.97 Å². The quantitative estimate of drug-likeness (QED) is 0.843. The van der Waals surface area contributed by atoms with Crippen LogP contribution in [0.2, 0.25) is 0 Å². The van der Waals surface area contributed by atoms with Gasteiger partial charge in [-0.1, -0.05) is 13.8 Å². The van der Waals surface area contributed by atoms with Gasteiger partial charge in [-0.3, -0.25) is 4.79 Å². The fourth-order valence-corrected chi connectivity index (χ4v) is 2.86. The van der Waals surface area contributed by atoms with Crippen LogP contribution in [0.1, 0.15) is 41.6 Å². The van der Waals surface area contributed by atoms with Crippen molar-refractivity contribution in [3.05, 3.63) is 23.3 Å². The number of hydrogen-bond donors (Lipinski definition) is 1. The lowest BCUT2D eigenvalue weighted by Crippen LogP contribution is -2.50. The molecular weight excluding hydrogens is 310 g/mol. The van der Waals surface area contributed by atoms with Crippen LogP contribution in [0.15, 0.2) is 6.20 Å². The smallest absolute Gasteiger partial charge is 0.254 e. The zero-order valence-electron chi connectivity index (χ0n) is 15.0. The second kappa shape index (κ2) is 8.50. The molecule has 2 rings (SSSR count). The molecule has 1 saturated heterocycles. The van der Waals surface area contributed by atoms with Gasteiger partial charge in [-0.15, -0.1) is 0 Å². The Kier molecular flexibility index (Phi) is 6.65. The molecule has 7 heteroatoms. The van der Waals surface area contributed by atoms with E-state index in [0.717, 1.165) is 5.82 Å². The molecule has 1 amide bonds. The maximum atomic E-state index is 12.4. The summed E-state index contributed by atoms with van der Waals surface area (Å²) in [5.41, 5.74) is 1.18. The number of rotatable bonds is 6. The largest absolute Gasteiger partial charge is 0.378 e. The van der Waals surface area contributed by atoms with Crippen LogP contribution >= 0.6 is 0 Å². The molecule has 3 atom stereocenters. The summed E-state index contributed by atoms with van der Waals surface area (Å²) >= 11 is 0. The van der Waals surface area contributed by atoms with Crippen molar-refractivity contribution in [2.24, 2.45) is 5.92 Å². The average Bonchev–Trinajstić information content (AvgIpc) is 2.58. The van der Waals surface area contributed by atoms with Crippen molar-refractivity contribution < 1.29 is 19.0 Å². The van der Waals surface area contributed by atoms with Crippen molar-refractivity contribution >= 4 is 5.91 Å². The number of carbonyl (C=O) groups is 1. The first-order valence-electron chi connectivity index (χ1n) is 8.23. The van der Waals surface area contributed by atoms with Crippen LogP contribution in [-0.4, -0.2) is 62.1 Å². The minimum absolute atomic E-state index is 0.0359. The molecule has 134 valence electrons. The Morgan fingerprint density at radius 1 is 1.38 bits per heavy atom. The lowest BCUT2D eigenvalue weighted by atomic mass is 9.96. The molecule has 7 nitrogen and oxygen atoms in total. The Hall–Kier alpha value is -1.57. The fraction of sp³-hybridized carbons (Fsp3) is 0.706. The second-order valence-electron chi connectivity index (χ2n) is 6.36. The van der Waals surface area contributed by atoms with E-state index in [1.54, 1.807) is 20.4 Å². The van der Waals surface area contributed by atoms with E-state index in [9.17, 15) is 4.79 Å². The molecule has 0 aliphatic carbocycles. The number of aryl methyl sites for hydroxylation is 1. The highest BCUT2D eigenvalue weighted by atomic mass is 16.6. The van der Waals surface area contributed by atoms with Crippen LogP contribution < -0.4 is 5.32 Å². The first kappa shape index (κ1) is 18.8. The molecule has 2 heterocycles. The number of hydrogen-bond acceptors (Lipinski definition) is 6. The van der Waals surface area contributed by atoms with Crippen molar-refractivity contribution in [1.82, 2.24) is 15.3 Å². The lowest BCUT2D eigenvalue weighted by molar-refractivity contribution is -0.145. The Bertz CT molecular complexity index is 565. The van der Waals surface area contributed by atoms with Crippen molar-refractivity contribution in [2.45, 2.75) is 38.9 Å². The van der Waals surface area contributed by atoms with Gasteiger partial charge in [0.2, 0.25) is 0 Å². The minimum Gasteiger partial charge on any atom is -0.378 e. The second-order valence-corrected chi connectivity index (χ2v) is 6.36. The van der Waals surface area contributed by atoms with Gasteiger partial charge in [0.25, 0.3) is 5.91 Å². The Morgan fingerprint density at radius 2 is 2.12 bits per heavy atom. The summed E-state index contributed by atoms with van der Waals surface area (Å²) in [6.45, 7) is 7.35. The molecule has 0 radical (unpaired) electrons. The van der Waals surface area contributed by atoms with Crippen molar-refractivity contribution in [2.75, 3.05) is 34.0 Å². The van der Waals surface area contributed by atoms with Crippen LogP contribution in [0.3, 0.4) is 0 Å². The van der Waals surface area contributed by atoms with Gasteiger partial charge in [0, 0.05) is 38.8 Å². The number of nitrogens with zero attached hydrogens (tertiary/aromatic N) is 2. The summed E-state index contributed by atoms with van der Waals surface area (Å²) < 4.78 is 16.5. The first-order chi connectivity index (χ1) is 11.5. The van der Waals surface area contributed by atoms with Gasteiger partial charge in [0.05, 0.1) is 30.6 Å². The van der Waals surface area contributed by atoms with E-state index in [2.05, 4.69) is 15.3 Å². The molecule has 1 aromatic rings. The lowest BCUT2D eigenvalue weighted by Gasteiger charge is -2.36. The highest BCUT2D eigenvalue weighted by Gasteiger charge is 2.34. The van der Waals surface area contributed by atoms with Crippen LogP contribution in [0.4, 0.5) is 0 Å². The molecule has 1 fully saturated rings. The molecule has 1 aromatic heterocycles. The standard InChI is InChI=1S/C17H27N3O4/c1-10(2)16-18-7-13(11(3)20-16)17(21)19-6-12-8-24-9-14(22-4)15(12)23-5/h7,10,12,14-15H,6,8-9H2,1-5H3,(H,19,21)/t12-,14-,15+/m1/s1. The van der Waals surface area contributed by atoms with E-state index < -0.39 is 0 Å². The van der Waals surface area contributed by atoms with Crippen LogP contribution in [0.25, 0.3) is 0 Å². The number of methoxy groups -OCH3 is 2. The van der Waals surface area contributed by atoms with Crippen LogP contribution in [0.5, 0.6) is 0 Å². The molecule has 24 heavy (non-hydrogen) atoms. The van der Waals surface area contributed by atoms with Crippen LogP contribution in [-0.2, 0) is 14.2 Å². The number of aromatic nitrogens is 2. The molecule has 0 unspecified atom stereocenters. The Labute approximate surface area is 143 Å². The van der Waals surface area contributed by atoms with E-state index in [1.165, 1.54) is 0 Å². The van der Waals surface area contributed by atoms with Crippen molar-refractivity contribution in [1.29, 1.82) is 0 Å². The molecule has 0 saturated carbocycles. The van der Waals surface area contributed by atoms with Gasteiger partial charge >= 0.3 is 0 Å². The van der Waals surface area contributed by atoms with Gasteiger partial charge in [-0.05, 0) is 6.92 Å². The molecule has 1 aliphatic heterocycles. The Balaban J connectivity index is 1.99. The van der Waals surface area contributed by atoms with Gasteiger partial charge in [-0.2, -0.15) is 0 Å². The fourth-order valence-electron chi connectivity index (χ4n) is 2.86. The zero-order valence-corrected chi connectivity index (χ0v) is 15.0. The number of carbonyl (C=O) groups excluding carboxylic acids is 1. The predicted octanol–water partition coefficient (Wildman–Crippen LogP) is 1.31. The van der Waals surface area contributed by atoms with E-state index >= 15 is 0 Å². The summed E-state index contributed by atoms with van der Waals surface area (Å²) in [5.74, 6) is 0.826. The molecule has 0 bridgehead atoms. The van der Waals surface area contributed by atoms with Gasteiger partial charge < -0.3 is 19.5 Å². The first-order valence-corrected chi connectivity index (χ1v) is 8.23. The highest BCUT2D eigenvalue weighted by molar-refractivity contribution is 5.94. The maximum absolute atomic E-state index is 12.4. The molecule has 1 N–H and O–H groups in total. The zero-order chi connectivity index (χ0) is 17.7. The summed E-state index contributed by atoms with van der Waals surface area (Å²) in [4.78, 5) is 21.1. The highest BCUT2D eigenvalue weighted by Crippen LogP contribution is 2.20. The summed E-state index contributed by atoms with van der Waals surface area (Å²) in [6, 6.07) is 0. The van der Waals surface area contributed by atoms with E-state index in [1.807, 2.05) is 20.8 Å². The minimum atomic E-state index is -0.183. The third kappa shape index (κ3) is 4.28. The summed E-state index contributed by atoms with van der Waals surface area (Å²) in [7, 11) is 3.29. The van der Waals surface area contributed by atoms with Gasteiger partial charge in [0.1, 0.15) is 11.9 Å². The normalized spacial score (nSPS) is 24.2. The van der Waals surface area contributed by atoms with Crippen molar-refractivity contribution in [3.8, 4) is 0 Å². The number of ether oxygens (including phenoxy) is 3. The summed E-state index contributed by atoms with van der Waals surface area (Å²) in [6.07, 6.45) is 1.36. The van der Waals surface area contributed by atoms with Crippen molar-refractivity contribution in [3.63, 3.8) is 0 Å².